The van der Waals surface area contributed by atoms with Gasteiger partial charge in [-0.25, -0.2) is 9.97 Å². The molecular weight excluding hydrogens is 292 g/mol. The number of rotatable bonds is 3. The van der Waals surface area contributed by atoms with Crippen molar-refractivity contribution in [2.45, 2.75) is 0 Å². The molecule has 114 valence electrons. The molecule has 0 spiro atoms. The van der Waals surface area contributed by atoms with Gasteiger partial charge in [-0.05, 0) is 29.8 Å². The molecule has 0 unspecified atom stereocenters. The fourth-order valence-electron chi connectivity index (χ4n) is 2.41. The van der Waals surface area contributed by atoms with Crippen LogP contribution in [0.5, 0.6) is 11.6 Å². The van der Waals surface area contributed by atoms with Crippen LogP contribution in [0.25, 0.3) is 22.0 Å². The van der Waals surface area contributed by atoms with Gasteiger partial charge in [-0.1, -0.05) is 0 Å². The van der Waals surface area contributed by atoms with Gasteiger partial charge in [-0.2, -0.15) is 5.26 Å². The molecule has 3 rings (SSSR count). The smallest absolute Gasteiger partial charge is 0.212 e. The lowest BCUT2D eigenvalue weighted by atomic mass is 10.00. The number of hydrogen-bond donors (Lipinski definition) is 1. The van der Waals surface area contributed by atoms with Gasteiger partial charge in [-0.15, -0.1) is 0 Å². The second-order valence-electron chi connectivity index (χ2n) is 4.83. The van der Waals surface area contributed by atoms with Crippen molar-refractivity contribution in [2.75, 3.05) is 20.0 Å². The summed E-state index contributed by atoms with van der Waals surface area (Å²) < 4.78 is 10.4. The quantitative estimate of drug-likeness (QED) is 0.799. The van der Waals surface area contributed by atoms with Crippen molar-refractivity contribution in [1.82, 2.24) is 9.97 Å². The minimum absolute atomic E-state index is 0.184. The van der Waals surface area contributed by atoms with E-state index in [1.165, 1.54) is 0 Å². The number of anilines is 1. The molecule has 0 amide bonds. The van der Waals surface area contributed by atoms with Gasteiger partial charge in [0.2, 0.25) is 5.88 Å². The zero-order valence-electron chi connectivity index (χ0n) is 12.7. The number of fused-ring (bicyclic) bond motifs is 1. The Labute approximate surface area is 133 Å². The third kappa shape index (κ3) is 2.49. The van der Waals surface area contributed by atoms with Crippen molar-refractivity contribution in [3.8, 4) is 28.8 Å². The molecule has 6 nitrogen and oxygen atoms in total. The number of pyridine rings is 2. The van der Waals surface area contributed by atoms with E-state index >= 15 is 0 Å². The lowest BCUT2D eigenvalue weighted by Gasteiger charge is -2.11. The maximum Gasteiger partial charge on any atom is 0.212 e. The van der Waals surface area contributed by atoms with Crippen molar-refractivity contribution in [3.05, 3.63) is 42.1 Å². The van der Waals surface area contributed by atoms with E-state index in [0.717, 1.165) is 16.5 Å². The van der Waals surface area contributed by atoms with Gasteiger partial charge >= 0.3 is 0 Å². The molecule has 2 aromatic heterocycles. The van der Waals surface area contributed by atoms with Crippen molar-refractivity contribution in [2.24, 2.45) is 0 Å². The number of aromatic nitrogens is 2. The average molecular weight is 306 g/mol. The van der Waals surface area contributed by atoms with Gasteiger partial charge in [0.15, 0.2) is 0 Å². The average Bonchev–Trinajstić information content (AvgIpc) is 2.60. The van der Waals surface area contributed by atoms with Gasteiger partial charge in [0.05, 0.1) is 19.8 Å². The molecular formula is C17H14N4O2. The predicted molar refractivity (Wildman–Crippen MR) is 87.2 cm³/mol. The zero-order valence-corrected chi connectivity index (χ0v) is 12.7. The van der Waals surface area contributed by atoms with Crippen LogP contribution in [0, 0.1) is 11.3 Å². The van der Waals surface area contributed by atoms with Gasteiger partial charge in [0, 0.05) is 23.2 Å². The lowest BCUT2D eigenvalue weighted by Crippen LogP contribution is -1.98. The summed E-state index contributed by atoms with van der Waals surface area (Å²) in [6.07, 6.45) is 1.71. The number of benzene rings is 1. The van der Waals surface area contributed by atoms with Crippen LogP contribution in [0.4, 0.5) is 5.82 Å². The van der Waals surface area contributed by atoms with E-state index in [1.54, 1.807) is 32.5 Å². The fraction of sp³-hybridized carbons (Fsp3) is 0.118. The highest BCUT2D eigenvalue weighted by molar-refractivity contribution is 5.99. The molecule has 6 heteroatoms. The SMILES string of the molecule is COc1ccc(-c2ccc(OC)c3nc(N)c(C#N)cc23)cn1. The molecule has 3 aromatic rings. The second kappa shape index (κ2) is 5.81. The van der Waals surface area contributed by atoms with Crippen molar-refractivity contribution in [3.63, 3.8) is 0 Å². The van der Waals surface area contributed by atoms with Crippen LogP contribution in [0.15, 0.2) is 36.5 Å². The topological polar surface area (TPSA) is 94.0 Å². The summed E-state index contributed by atoms with van der Waals surface area (Å²) in [6.45, 7) is 0. The molecule has 2 heterocycles. The number of nitrogens with two attached hydrogens (primary N) is 1. The zero-order chi connectivity index (χ0) is 16.4. The summed E-state index contributed by atoms with van der Waals surface area (Å²) in [5.74, 6) is 1.32. The third-order valence-electron chi connectivity index (χ3n) is 3.57. The Morgan fingerprint density at radius 1 is 1.13 bits per heavy atom. The first-order chi connectivity index (χ1) is 11.2. The minimum atomic E-state index is 0.184. The summed E-state index contributed by atoms with van der Waals surface area (Å²) >= 11 is 0. The Bertz CT molecular complexity index is 915. The van der Waals surface area contributed by atoms with Gasteiger partial charge in [-0.3, -0.25) is 0 Å². The highest BCUT2D eigenvalue weighted by Crippen LogP contribution is 2.35. The van der Waals surface area contributed by atoms with E-state index in [-0.39, 0.29) is 5.82 Å². The predicted octanol–water partition coefficient (Wildman–Crippen LogP) is 2.77. The standard InChI is InChI=1S/C17H14N4O2/c1-22-14-5-4-12(10-3-6-15(23-2)20-9-10)13-7-11(8-18)17(19)21-16(13)14/h3-7,9H,1-2H3,(H2,19,21). The Balaban J connectivity index is 2.30. The van der Waals surface area contributed by atoms with E-state index in [0.29, 0.717) is 22.7 Å². The van der Waals surface area contributed by atoms with E-state index in [1.807, 2.05) is 18.2 Å². The monoisotopic (exact) mass is 306 g/mol. The maximum absolute atomic E-state index is 9.20. The number of nitrogen functional groups attached to an aromatic ring is 1. The van der Waals surface area contributed by atoms with Crippen molar-refractivity contribution in [1.29, 1.82) is 5.26 Å². The summed E-state index contributed by atoms with van der Waals surface area (Å²) in [7, 11) is 3.14. The first-order valence-electron chi connectivity index (χ1n) is 6.85. The van der Waals surface area contributed by atoms with Crippen LogP contribution in [0.3, 0.4) is 0 Å². The van der Waals surface area contributed by atoms with E-state index in [4.69, 9.17) is 15.2 Å². The number of nitrogens with zero attached hydrogens (tertiary/aromatic N) is 3. The van der Waals surface area contributed by atoms with Crippen molar-refractivity contribution < 1.29 is 9.47 Å². The molecule has 0 aliphatic heterocycles. The van der Waals surface area contributed by atoms with Crippen LogP contribution < -0.4 is 15.2 Å². The lowest BCUT2D eigenvalue weighted by molar-refractivity contribution is 0.398. The Morgan fingerprint density at radius 3 is 2.57 bits per heavy atom. The summed E-state index contributed by atoms with van der Waals surface area (Å²) in [5.41, 5.74) is 8.54. The van der Waals surface area contributed by atoms with E-state index < -0.39 is 0 Å². The molecule has 0 aliphatic rings. The minimum Gasteiger partial charge on any atom is -0.494 e. The Morgan fingerprint density at radius 2 is 1.96 bits per heavy atom. The van der Waals surface area contributed by atoms with Crippen LogP contribution in [-0.4, -0.2) is 24.2 Å². The summed E-state index contributed by atoms with van der Waals surface area (Å²) in [5, 5.41) is 9.98. The van der Waals surface area contributed by atoms with Crippen LogP contribution in [0.1, 0.15) is 5.56 Å². The number of methoxy groups -OCH3 is 2. The maximum atomic E-state index is 9.20. The first kappa shape index (κ1) is 14.6. The van der Waals surface area contributed by atoms with Gasteiger partial charge in [0.1, 0.15) is 23.2 Å². The normalized spacial score (nSPS) is 10.3. The van der Waals surface area contributed by atoms with Gasteiger partial charge < -0.3 is 15.2 Å². The number of hydrogen-bond acceptors (Lipinski definition) is 6. The molecule has 0 aliphatic carbocycles. The van der Waals surface area contributed by atoms with Crippen LogP contribution in [-0.2, 0) is 0 Å². The molecule has 1 aromatic carbocycles. The molecule has 0 saturated carbocycles. The third-order valence-corrected chi connectivity index (χ3v) is 3.57. The molecule has 0 bridgehead atoms. The fourth-order valence-corrected chi connectivity index (χ4v) is 2.41. The first-order valence-corrected chi connectivity index (χ1v) is 6.85. The Hall–Kier alpha value is -3.33. The highest BCUT2D eigenvalue weighted by atomic mass is 16.5. The molecule has 0 radical (unpaired) electrons. The van der Waals surface area contributed by atoms with E-state index in [9.17, 15) is 5.26 Å². The highest BCUT2D eigenvalue weighted by Gasteiger charge is 2.13. The molecule has 23 heavy (non-hydrogen) atoms. The number of ether oxygens (including phenoxy) is 2. The van der Waals surface area contributed by atoms with Crippen LogP contribution in [0.2, 0.25) is 0 Å². The van der Waals surface area contributed by atoms with Gasteiger partial charge in [0.25, 0.3) is 0 Å². The van der Waals surface area contributed by atoms with Crippen molar-refractivity contribution >= 4 is 16.7 Å². The van der Waals surface area contributed by atoms with Crippen LogP contribution >= 0.6 is 0 Å². The molecule has 2 N–H and O–H groups in total. The largest absolute Gasteiger partial charge is 0.494 e. The Kier molecular flexibility index (Phi) is 3.69. The molecule has 0 atom stereocenters. The second-order valence-corrected chi connectivity index (χ2v) is 4.83. The molecule has 0 saturated heterocycles. The van der Waals surface area contributed by atoms with E-state index in [2.05, 4.69) is 16.0 Å². The summed E-state index contributed by atoms with van der Waals surface area (Å²) in [4.78, 5) is 8.54. The molecule has 0 fully saturated rings. The summed E-state index contributed by atoms with van der Waals surface area (Å²) in [6, 6.07) is 11.2. The number of nitriles is 1.